The van der Waals surface area contributed by atoms with Crippen molar-refractivity contribution in [3.8, 4) is 0 Å². The molecule has 1 amide bonds. The van der Waals surface area contributed by atoms with Gasteiger partial charge in [0.1, 0.15) is 5.69 Å². The highest BCUT2D eigenvalue weighted by atomic mass is 32.2. The van der Waals surface area contributed by atoms with E-state index in [2.05, 4.69) is 43.2 Å². The van der Waals surface area contributed by atoms with E-state index in [1.165, 1.54) is 5.70 Å². The van der Waals surface area contributed by atoms with Gasteiger partial charge in [-0.2, -0.15) is 5.10 Å². The van der Waals surface area contributed by atoms with Crippen LogP contribution in [0, 0.1) is 6.92 Å². The number of hydrogen-bond donors (Lipinski definition) is 2. The minimum atomic E-state index is -0.176. The summed E-state index contributed by atoms with van der Waals surface area (Å²) in [5.74, 6) is -0.176. The molecule has 0 aliphatic carbocycles. The molecule has 1 atom stereocenters. The molecule has 1 fully saturated rings. The van der Waals surface area contributed by atoms with Gasteiger partial charge in [-0.25, -0.2) is 4.99 Å². The molecule has 5 rings (SSSR count). The molecule has 166 valence electrons. The number of para-hydroxylation sites is 1. The first-order chi connectivity index (χ1) is 15.6. The van der Waals surface area contributed by atoms with Gasteiger partial charge in [0.05, 0.1) is 11.7 Å². The van der Waals surface area contributed by atoms with Crippen molar-refractivity contribution in [2.45, 2.75) is 13.0 Å². The Hall–Kier alpha value is -2.88. The van der Waals surface area contributed by atoms with Gasteiger partial charge in [0.2, 0.25) is 0 Å². The maximum absolute atomic E-state index is 12.8. The van der Waals surface area contributed by atoms with Crippen LogP contribution in [0.25, 0.3) is 0 Å². The summed E-state index contributed by atoms with van der Waals surface area (Å²) in [4.78, 5) is 22.5. The fourth-order valence-corrected chi connectivity index (χ4v) is 5.10. The number of hydrogen-bond acceptors (Lipinski definition) is 7. The van der Waals surface area contributed by atoms with Crippen LogP contribution in [0.2, 0.25) is 0 Å². The van der Waals surface area contributed by atoms with E-state index in [1.807, 2.05) is 31.2 Å². The van der Waals surface area contributed by atoms with Crippen LogP contribution in [0.4, 0.5) is 5.69 Å². The molecule has 0 bridgehead atoms. The van der Waals surface area contributed by atoms with Crippen molar-refractivity contribution in [2.75, 3.05) is 38.0 Å². The quantitative estimate of drug-likeness (QED) is 0.731. The first kappa shape index (κ1) is 21.0. The molecule has 1 saturated heterocycles. The molecular weight excluding hydrogens is 422 g/mol. The van der Waals surface area contributed by atoms with Gasteiger partial charge in [0, 0.05) is 68.3 Å². The minimum absolute atomic E-state index is 0.148. The second kappa shape index (κ2) is 8.93. The number of rotatable bonds is 5. The standard InChI is InChI=1S/C23H27N7OS/c1-16-13-21(28(2)27-16)22(31)25-19-6-4-3-5-18(19)20-7-10-30-17(15-32-23(30)26-20)14-29-11-8-24-9-12-29/h3-7,10,13,15,20,24H,8-9,11-12,14H2,1-2H3,(H,25,31). The number of anilines is 1. The molecule has 3 aliphatic rings. The van der Waals surface area contributed by atoms with Crippen LogP contribution in [0.3, 0.4) is 0 Å². The van der Waals surface area contributed by atoms with Gasteiger partial charge in [-0.1, -0.05) is 30.0 Å². The van der Waals surface area contributed by atoms with Gasteiger partial charge in [-0.05, 0) is 25.1 Å². The number of nitrogens with one attached hydrogen (secondary N) is 2. The summed E-state index contributed by atoms with van der Waals surface area (Å²) in [5.41, 5.74) is 4.34. The average Bonchev–Trinajstić information content (AvgIpc) is 3.36. The molecule has 0 spiro atoms. The third kappa shape index (κ3) is 4.23. The van der Waals surface area contributed by atoms with Crippen molar-refractivity contribution in [3.05, 3.63) is 70.7 Å². The van der Waals surface area contributed by atoms with Crippen molar-refractivity contribution in [1.29, 1.82) is 0 Å². The fraction of sp³-hybridized carbons (Fsp3) is 0.348. The van der Waals surface area contributed by atoms with Gasteiger partial charge in [0.15, 0.2) is 5.17 Å². The van der Waals surface area contributed by atoms with Gasteiger partial charge in [0.25, 0.3) is 5.91 Å². The van der Waals surface area contributed by atoms with Crippen LogP contribution in [-0.4, -0.2) is 63.4 Å². The van der Waals surface area contributed by atoms with Crippen LogP contribution in [-0.2, 0) is 7.05 Å². The SMILES string of the molecule is Cc1cc(C(=O)Nc2ccccc2C2C=CN3C(CN4CCNCC4)=CSC3=N2)n(C)n1. The van der Waals surface area contributed by atoms with Crippen molar-refractivity contribution >= 4 is 28.5 Å². The molecule has 1 aromatic carbocycles. The number of thioether (sulfide) groups is 1. The molecule has 3 aliphatic heterocycles. The van der Waals surface area contributed by atoms with Gasteiger partial charge in [-0.3, -0.25) is 19.3 Å². The smallest absolute Gasteiger partial charge is 0.273 e. The van der Waals surface area contributed by atoms with Gasteiger partial charge < -0.3 is 10.6 Å². The lowest BCUT2D eigenvalue weighted by atomic mass is 10.0. The number of piperazine rings is 1. The summed E-state index contributed by atoms with van der Waals surface area (Å²) in [6.45, 7) is 7.03. The summed E-state index contributed by atoms with van der Waals surface area (Å²) >= 11 is 1.66. The van der Waals surface area contributed by atoms with E-state index in [0.717, 1.165) is 54.8 Å². The number of carbonyl (C=O) groups excluding carboxylic acids is 1. The van der Waals surface area contributed by atoms with Crippen molar-refractivity contribution in [2.24, 2.45) is 12.0 Å². The van der Waals surface area contributed by atoms with E-state index in [9.17, 15) is 4.79 Å². The van der Waals surface area contributed by atoms with Crippen LogP contribution >= 0.6 is 11.8 Å². The second-order valence-corrected chi connectivity index (χ2v) is 8.99. The van der Waals surface area contributed by atoms with Crippen LogP contribution < -0.4 is 10.6 Å². The fourth-order valence-electron chi connectivity index (χ4n) is 4.20. The van der Waals surface area contributed by atoms with E-state index in [-0.39, 0.29) is 11.9 Å². The van der Waals surface area contributed by atoms with Crippen LogP contribution in [0.15, 0.2) is 58.7 Å². The Morgan fingerprint density at radius 3 is 2.88 bits per heavy atom. The lowest BCUT2D eigenvalue weighted by Gasteiger charge is -2.31. The zero-order chi connectivity index (χ0) is 22.1. The Balaban J connectivity index is 1.31. The number of aliphatic imine (C=N–C) groups is 1. The maximum Gasteiger partial charge on any atom is 0.273 e. The highest BCUT2D eigenvalue weighted by Gasteiger charge is 2.28. The summed E-state index contributed by atoms with van der Waals surface area (Å²) in [6.07, 6.45) is 4.21. The number of amides is 1. The number of aryl methyl sites for hydroxylation is 2. The maximum atomic E-state index is 12.8. The van der Waals surface area contributed by atoms with E-state index in [4.69, 9.17) is 4.99 Å². The van der Waals surface area contributed by atoms with Crippen LogP contribution in [0.1, 0.15) is 27.8 Å². The zero-order valence-electron chi connectivity index (χ0n) is 18.3. The Morgan fingerprint density at radius 1 is 1.28 bits per heavy atom. The van der Waals surface area contributed by atoms with Crippen molar-refractivity contribution in [3.63, 3.8) is 0 Å². The first-order valence-electron chi connectivity index (χ1n) is 10.8. The number of amidine groups is 1. The molecule has 32 heavy (non-hydrogen) atoms. The Kier molecular flexibility index (Phi) is 5.86. The highest BCUT2D eigenvalue weighted by molar-refractivity contribution is 8.16. The summed E-state index contributed by atoms with van der Waals surface area (Å²) in [5, 5.41) is 13.9. The highest BCUT2D eigenvalue weighted by Crippen LogP contribution is 2.36. The van der Waals surface area contributed by atoms with E-state index in [1.54, 1.807) is 29.6 Å². The summed E-state index contributed by atoms with van der Waals surface area (Å²) < 4.78 is 1.60. The topological polar surface area (TPSA) is 77.8 Å². The molecule has 0 radical (unpaired) electrons. The van der Waals surface area contributed by atoms with Gasteiger partial charge in [-0.15, -0.1) is 0 Å². The van der Waals surface area contributed by atoms with Crippen LogP contribution in [0.5, 0.6) is 0 Å². The normalized spacial score (nSPS) is 20.7. The van der Waals surface area contributed by atoms with E-state index >= 15 is 0 Å². The number of nitrogens with zero attached hydrogens (tertiary/aromatic N) is 5. The monoisotopic (exact) mass is 449 g/mol. The third-order valence-corrected chi connectivity index (χ3v) is 6.74. The van der Waals surface area contributed by atoms with E-state index < -0.39 is 0 Å². The summed E-state index contributed by atoms with van der Waals surface area (Å²) in [7, 11) is 1.78. The van der Waals surface area contributed by atoms with Crippen molar-refractivity contribution in [1.82, 2.24) is 24.9 Å². The number of aromatic nitrogens is 2. The van der Waals surface area contributed by atoms with Crippen molar-refractivity contribution < 1.29 is 4.79 Å². The molecule has 1 unspecified atom stereocenters. The molecular formula is C23H27N7OS. The second-order valence-electron chi connectivity index (χ2n) is 8.16. The number of fused-ring (bicyclic) bond motifs is 1. The third-order valence-electron chi connectivity index (χ3n) is 5.84. The molecule has 2 aromatic rings. The Bertz CT molecular complexity index is 1110. The lowest BCUT2D eigenvalue weighted by Crippen LogP contribution is -2.45. The zero-order valence-corrected chi connectivity index (χ0v) is 19.1. The lowest BCUT2D eigenvalue weighted by molar-refractivity contribution is 0.101. The predicted octanol–water partition coefficient (Wildman–Crippen LogP) is 2.70. The Morgan fingerprint density at radius 2 is 2.09 bits per heavy atom. The Labute approximate surface area is 192 Å². The van der Waals surface area contributed by atoms with Gasteiger partial charge >= 0.3 is 0 Å². The molecule has 4 heterocycles. The molecule has 9 heteroatoms. The van der Waals surface area contributed by atoms with E-state index in [0.29, 0.717) is 5.69 Å². The first-order valence-corrected chi connectivity index (χ1v) is 11.7. The average molecular weight is 450 g/mol. The molecule has 2 N–H and O–H groups in total. The predicted molar refractivity (Wildman–Crippen MR) is 128 cm³/mol. The largest absolute Gasteiger partial charge is 0.320 e. The minimum Gasteiger partial charge on any atom is -0.320 e. The number of benzene rings is 1. The molecule has 1 aromatic heterocycles. The molecule has 0 saturated carbocycles. The number of carbonyl (C=O) groups is 1. The summed E-state index contributed by atoms with van der Waals surface area (Å²) in [6, 6.07) is 9.50. The molecule has 8 nitrogen and oxygen atoms in total.